The third-order valence-electron chi connectivity index (χ3n) is 3.99. The first-order valence-corrected chi connectivity index (χ1v) is 8.79. The molecule has 29 heavy (non-hydrogen) atoms. The van der Waals surface area contributed by atoms with E-state index in [1.807, 2.05) is 12.1 Å². The number of aromatic nitrogens is 4. The molecule has 0 unspecified atom stereocenters. The number of rotatable bonds is 8. The van der Waals surface area contributed by atoms with Gasteiger partial charge in [0.05, 0.1) is 37.3 Å². The van der Waals surface area contributed by atoms with Crippen molar-refractivity contribution in [3.05, 3.63) is 47.9 Å². The van der Waals surface area contributed by atoms with Crippen molar-refractivity contribution in [1.82, 2.24) is 19.7 Å². The Labute approximate surface area is 167 Å². The fraction of sp³-hybridized carbons (Fsp3) is 0.263. The summed E-state index contributed by atoms with van der Waals surface area (Å²) in [5.41, 5.74) is 13.9. The van der Waals surface area contributed by atoms with E-state index in [9.17, 15) is 4.79 Å². The molecule has 0 bridgehead atoms. The standard InChI is InChI=1S/C19H22N6O4/c1-25-11-22-18(24-25)14-8-12(9-15(20)17(14)27-2)6-7-28-10-13-4-3-5-16(23-13)29-19(21)26/h3-5,8-9,11H,6-7,10,20H2,1-2H3,(H2,21,26). The average Bonchev–Trinajstić information content (AvgIpc) is 3.11. The second-order valence-corrected chi connectivity index (χ2v) is 6.20. The minimum absolute atomic E-state index is 0.133. The lowest BCUT2D eigenvalue weighted by atomic mass is 10.0. The molecule has 4 N–H and O–H groups in total. The van der Waals surface area contributed by atoms with E-state index in [1.54, 1.807) is 43.4 Å². The zero-order valence-corrected chi connectivity index (χ0v) is 16.2. The summed E-state index contributed by atoms with van der Waals surface area (Å²) in [7, 11) is 3.35. The Hall–Kier alpha value is -3.66. The van der Waals surface area contributed by atoms with Gasteiger partial charge in [-0.15, -0.1) is 0 Å². The summed E-state index contributed by atoms with van der Waals surface area (Å²) in [6.45, 7) is 0.694. The third-order valence-corrected chi connectivity index (χ3v) is 3.99. The molecule has 1 aromatic carbocycles. The van der Waals surface area contributed by atoms with Crippen LogP contribution in [0.2, 0.25) is 0 Å². The normalized spacial score (nSPS) is 10.7. The Kier molecular flexibility index (Phi) is 6.25. The quantitative estimate of drug-likeness (QED) is 0.431. The van der Waals surface area contributed by atoms with Crippen LogP contribution < -0.4 is 20.9 Å². The second kappa shape index (κ2) is 9.02. The molecule has 152 valence electrons. The number of methoxy groups -OCH3 is 1. The van der Waals surface area contributed by atoms with Gasteiger partial charge in [-0.05, 0) is 30.2 Å². The summed E-state index contributed by atoms with van der Waals surface area (Å²) < 4.78 is 17.5. The number of nitrogen functional groups attached to an aromatic ring is 1. The zero-order chi connectivity index (χ0) is 20.8. The largest absolute Gasteiger partial charge is 0.494 e. The summed E-state index contributed by atoms with van der Waals surface area (Å²) in [5.74, 6) is 1.21. The van der Waals surface area contributed by atoms with Gasteiger partial charge in [0.1, 0.15) is 6.33 Å². The van der Waals surface area contributed by atoms with Gasteiger partial charge in [-0.3, -0.25) is 4.68 Å². The molecule has 0 saturated carbocycles. The van der Waals surface area contributed by atoms with Crippen molar-refractivity contribution in [2.24, 2.45) is 12.8 Å². The summed E-state index contributed by atoms with van der Waals surface area (Å²) in [6.07, 6.45) is 1.32. The number of aryl methyl sites for hydroxylation is 1. The van der Waals surface area contributed by atoms with Gasteiger partial charge in [0.2, 0.25) is 5.88 Å². The SMILES string of the molecule is COc1c(N)cc(CCOCc2cccc(OC(N)=O)n2)cc1-c1ncn(C)n1. The van der Waals surface area contributed by atoms with Gasteiger partial charge in [-0.2, -0.15) is 5.10 Å². The maximum atomic E-state index is 10.8. The van der Waals surface area contributed by atoms with Crippen molar-refractivity contribution in [3.63, 3.8) is 0 Å². The number of carbonyl (C=O) groups excluding carboxylic acids is 1. The number of primary amides is 1. The lowest BCUT2D eigenvalue weighted by Gasteiger charge is -2.12. The molecule has 0 saturated heterocycles. The van der Waals surface area contributed by atoms with Crippen LogP contribution in [0.1, 0.15) is 11.3 Å². The average molecular weight is 398 g/mol. The summed E-state index contributed by atoms with van der Waals surface area (Å²) in [4.78, 5) is 19.2. The van der Waals surface area contributed by atoms with E-state index in [0.29, 0.717) is 36.0 Å². The van der Waals surface area contributed by atoms with Crippen molar-refractivity contribution in [1.29, 1.82) is 0 Å². The molecule has 0 fully saturated rings. The van der Waals surface area contributed by atoms with Gasteiger partial charge in [0, 0.05) is 13.1 Å². The van der Waals surface area contributed by atoms with Gasteiger partial charge in [-0.1, -0.05) is 6.07 Å². The highest BCUT2D eigenvalue weighted by molar-refractivity contribution is 5.74. The van der Waals surface area contributed by atoms with Crippen molar-refractivity contribution >= 4 is 11.8 Å². The molecule has 10 heteroatoms. The van der Waals surface area contributed by atoms with Crippen LogP contribution in [-0.2, 0) is 24.8 Å². The number of nitrogens with zero attached hydrogens (tertiary/aromatic N) is 4. The fourth-order valence-electron chi connectivity index (χ4n) is 2.78. The second-order valence-electron chi connectivity index (χ2n) is 6.20. The van der Waals surface area contributed by atoms with Crippen LogP contribution in [-0.4, -0.2) is 39.6 Å². The lowest BCUT2D eigenvalue weighted by molar-refractivity contribution is 0.120. The first-order valence-electron chi connectivity index (χ1n) is 8.79. The van der Waals surface area contributed by atoms with E-state index in [0.717, 1.165) is 11.1 Å². The molecule has 0 radical (unpaired) electrons. The zero-order valence-electron chi connectivity index (χ0n) is 16.2. The number of pyridine rings is 1. The van der Waals surface area contributed by atoms with Gasteiger partial charge in [0.15, 0.2) is 11.6 Å². The summed E-state index contributed by atoms with van der Waals surface area (Å²) in [6, 6.07) is 8.80. The Morgan fingerprint density at radius 1 is 1.28 bits per heavy atom. The fourth-order valence-corrected chi connectivity index (χ4v) is 2.78. The maximum Gasteiger partial charge on any atom is 0.411 e. The van der Waals surface area contributed by atoms with E-state index in [4.69, 9.17) is 25.7 Å². The molecule has 10 nitrogen and oxygen atoms in total. The molecule has 0 aliphatic heterocycles. The van der Waals surface area contributed by atoms with E-state index >= 15 is 0 Å². The lowest BCUT2D eigenvalue weighted by Crippen LogP contribution is -2.17. The van der Waals surface area contributed by atoms with Crippen LogP contribution >= 0.6 is 0 Å². The highest BCUT2D eigenvalue weighted by atomic mass is 16.6. The number of hydrogen-bond donors (Lipinski definition) is 2. The molecule has 0 aliphatic carbocycles. The predicted octanol–water partition coefficient (Wildman–Crippen LogP) is 1.68. The van der Waals surface area contributed by atoms with Crippen LogP contribution in [0.25, 0.3) is 11.4 Å². The van der Waals surface area contributed by atoms with Crippen molar-refractivity contribution < 1.29 is 19.0 Å². The van der Waals surface area contributed by atoms with Gasteiger partial charge in [0.25, 0.3) is 0 Å². The minimum Gasteiger partial charge on any atom is -0.494 e. The third kappa shape index (κ3) is 5.20. The molecular weight excluding hydrogens is 376 g/mol. The number of carbonyl (C=O) groups is 1. The molecule has 0 aliphatic rings. The molecule has 0 spiro atoms. The molecular formula is C19H22N6O4. The first kappa shape index (κ1) is 20.1. The Balaban J connectivity index is 1.64. The number of anilines is 1. The van der Waals surface area contributed by atoms with E-state index in [-0.39, 0.29) is 12.5 Å². The molecule has 0 atom stereocenters. The van der Waals surface area contributed by atoms with Crippen molar-refractivity contribution in [2.45, 2.75) is 13.0 Å². The first-order chi connectivity index (χ1) is 14.0. The summed E-state index contributed by atoms with van der Waals surface area (Å²) in [5, 5.41) is 4.32. The Morgan fingerprint density at radius 3 is 2.79 bits per heavy atom. The number of amides is 1. The van der Waals surface area contributed by atoms with E-state index < -0.39 is 6.09 Å². The summed E-state index contributed by atoms with van der Waals surface area (Å²) >= 11 is 0. The van der Waals surface area contributed by atoms with E-state index in [2.05, 4.69) is 15.1 Å². The molecule has 3 aromatic rings. The highest BCUT2D eigenvalue weighted by Gasteiger charge is 2.15. The number of nitrogens with two attached hydrogens (primary N) is 2. The molecule has 2 aromatic heterocycles. The van der Waals surface area contributed by atoms with Crippen LogP contribution in [0.15, 0.2) is 36.7 Å². The van der Waals surface area contributed by atoms with Crippen LogP contribution in [0.3, 0.4) is 0 Å². The number of hydrogen-bond acceptors (Lipinski definition) is 8. The molecule has 2 heterocycles. The van der Waals surface area contributed by atoms with E-state index in [1.165, 1.54) is 0 Å². The van der Waals surface area contributed by atoms with Crippen LogP contribution in [0.4, 0.5) is 10.5 Å². The maximum absolute atomic E-state index is 10.8. The number of benzene rings is 1. The monoisotopic (exact) mass is 398 g/mol. The Bertz CT molecular complexity index is 1000. The van der Waals surface area contributed by atoms with Gasteiger partial charge in [-0.25, -0.2) is 14.8 Å². The van der Waals surface area contributed by atoms with Crippen molar-refractivity contribution in [3.8, 4) is 23.0 Å². The smallest absolute Gasteiger partial charge is 0.411 e. The van der Waals surface area contributed by atoms with Gasteiger partial charge < -0.3 is 25.7 Å². The molecule has 1 amide bonds. The topological polar surface area (TPSA) is 140 Å². The van der Waals surface area contributed by atoms with Crippen LogP contribution in [0, 0.1) is 0 Å². The molecule has 3 rings (SSSR count). The Morgan fingerprint density at radius 2 is 2.10 bits per heavy atom. The van der Waals surface area contributed by atoms with Gasteiger partial charge >= 0.3 is 6.09 Å². The minimum atomic E-state index is -0.911. The van der Waals surface area contributed by atoms with Crippen molar-refractivity contribution in [2.75, 3.05) is 19.5 Å². The highest BCUT2D eigenvalue weighted by Crippen LogP contribution is 2.34. The predicted molar refractivity (Wildman–Crippen MR) is 105 cm³/mol. The number of ether oxygens (including phenoxy) is 3. The van der Waals surface area contributed by atoms with Crippen LogP contribution in [0.5, 0.6) is 11.6 Å².